The Morgan fingerprint density at radius 2 is 1.92 bits per heavy atom. The zero-order valence-corrected chi connectivity index (χ0v) is 12.7. The van der Waals surface area contributed by atoms with Crippen molar-refractivity contribution in [2.75, 3.05) is 16.8 Å². The van der Waals surface area contributed by atoms with Crippen LogP contribution in [-0.4, -0.2) is 20.2 Å². The smallest absolute Gasteiger partial charge is 0.221 e. The van der Waals surface area contributed by atoms with Crippen LogP contribution in [0, 0.1) is 0 Å². The SMILES string of the molecule is Nc1cccc(-c2n[nH]c3ccc(Nc4ccnc(N)n4)cc23)c1. The molecule has 0 fully saturated rings. The maximum Gasteiger partial charge on any atom is 0.221 e. The van der Waals surface area contributed by atoms with Gasteiger partial charge in [-0.1, -0.05) is 12.1 Å². The molecule has 7 heteroatoms. The molecule has 0 saturated heterocycles. The molecule has 2 heterocycles. The molecule has 6 N–H and O–H groups in total. The van der Waals surface area contributed by atoms with Gasteiger partial charge in [-0.2, -0.15) is 10.1 Å². The number of H-pyrrole nitrogens is 1. The number of nitrogen functional groups attached to an aromatic ring is 2. The highest BCUT2D eigenvalue weighted by atomic mass is 15.1. The molecule has 4 rings (SSSR count). The fourth-order valence-electron chi connectivity index (χ4n) is 2.59. The Bertz CT molecular complexity index is 1020. The second-order valence-electron chi connectivity index (χ2n) is 5.38. The monoisotopic (exact) mass is 317 g/mol. The summed E-state index contributed by atoms with van der Waals surface area (Å²) in [5.41, 5.74) is 15.8. The molecule has 24 heavy (non-hydrogen) atoms. The first-order valence-corrected chi connectivity index (χ1v) is 7.38. The van der Waals surface area contributed by atoms with Gasteiger partial charge in [-0.25, -0.2) is 4.98 Å². The third kappa shape index (κ3) is 2.58. The summed E-state index contributed by atoms with van der Waals surface area (Å²) in [6.07, 6.45) is 1.61. The van der Waals surface area contributed by atoms with Crippen molar-refractivity contribution in [3.63, 3.8) is 0 Å². The molecule has 0 aliphatic carbocycles. The Labute approximate surface area is 137 Å². The summed E-state index contributed by atoms with van der Waals surface area (Å²) in [6.45, 7) is 0. The van der Waals surface area contributed by atoms with Crippen LogP contribution in [0.15, 0.2) is 54.7 Å². The maximum atomic E-state index is 5.88. The zero-order valence-electron chi connectivity index (χ0n) is 12.7. The van der Waals surface area contributed by atoms with Crippen LogP contribution in [0.4, 0.5) is 23.1 Å². The minimum Gasteiger partial charge on any atom is -0.399 e. The average Bonchev–Trinajstić information content (AvgIpc) is 2.98. The fraction of sp³-hybridized carbons (Fsp3) is 0. The van der Waals surface area contributed by atoms with Crippen molar-refractivity contribution in [3.8, 4) is 11.3 Å². The first kappa shape index (κ1) is 14.0. The van der Waals surface area contributed by atoms with E-state index in [1.165, 1.54) is 0 Å². The van der Waals surface area contributed by atoms with E-state index in [0.29, 0.717) is 11.5 Å². The van der Waals surface area contributed by atoms with Crippen LogP contribution < -0.4 is 16.8 Å². The highest BCUT2D eigenvalue weighted by Crippen LogP contribution is 2.30. The van der Waals surface area contributed by atoms with Gasteiger partial charge in [0.1, 0.15) is 11.5 Å². The number of rotatable bonds is 3. The quantitative estimate of drug-likeness (QED) is 0.431. The molecular weight excluding hydrogens is 302 g/mol. The molecule has 0 bridgehead atoms. The average molecular weight is 317 g/mol. The van der Waals surface area contributed by atoms with Crippen molar-refractivity contribution < 1.29 is 0 Å². The van der Waals surface area contributed by atoms with Gasteiger partial charge in [0.2, 0.25) is 5.95 Å². The lowest BCUT2D eigenvalue weighted by molar-refractivity contribution is 1.12. The molecule has 0 amide bonds. The number of nitrogens with zero attached hydrogens (tertiary/aromatic N) is 3. The van der Waals surface area contributed by atoms with Crippen LogP contribution in [0.5, 0.6) is 0 Å². The number of aromatic amines is 1. The van der Waals surface area contributed by atoms with Crippen molar-refractivity contribution in [3.05, 3.63) is 54.7 Å². The third-order valence-electron chi connectivity index (χ3n) is 3.67. The van der Waals surface area contributed by atoms with Crippen LogP contribution in [-0.2, 0) is 0 Å². The van der Waals surface area contributed by atoms with Gasteiger partial charge in [0.25, 0.3) is 0 Å². The molecule has 0 radical (unpaired) electrons. The number of anilines is 4. The number of benzene rings is 2. The number of nitrogens with one attached hydrogen (secondary N) is 2. The molecule has 0 spiro atoms. The normalized spacial score (nSPS) is 10.8. The summed E-state index contributed by atoms with van der Waals surface area (Å²) in [6, 6.07) is 15.3. The summed E-state index contributed by atoms with van der Waals surface area (Å²) >= 11 is 0. The molecule has 118 valence electrons. The first-order valence-electron chi connectivity index (χ1n) is 7.38. The maximum absolute atomic E-state index is 5.88. The number of hydrogen-bond acceptors (Lipinski definition) is 6. The van der Waals surface area contributed by atoms with Gasteiger partial charge in [0.15, 0.2) is 0 Å². The van der Waals surface area contributed by atoms with Crippen molar-refractivity contribution in [1.82, 2.24) is 20.2 Å². The van der Waals surface area contributed by atoms with Crippen molar-refractivity contribution in [2.45, 2.75) is 0 Å². The van der Waals surface area contributed by atoms with Crippen molar-refractivity contribution in [1.29, 1.82) is 0 Å². The van der Waals surface area contributed by atoms with Crippen molar-refractivity contribution >= 4 is 34.0 Å². The Hall–Kier alpha value is -3.61. The summed E-state index contributed by atoms with van der Waals surface area (Å²) in [7, 11) is 0. The minimum absolute atomic E-state index is 0.227. The highest BCUT2D eigenvalue weighted by molar-refractivity contribution is 5.95. The fourth-order valence-corrected chi connectivity index (χ4v) is 2.59. The van der Waals surface area contributed by atoms with E-state index in [1.807, 2.05) is 42.5 Å². The number of fused-ring (bicyclic) bond motifs is 1. The van der Waals surface area contributed by atoms with Gasteiger partial charge in [-0.15, -0.1) is 0 Å². The first-order chi connectivity index (χ1) is 11.7. The van der Waals surface area contributed by atoms with Gasteiger partial charge >= 0.3 is 0 Å². The van der Waals surface area contributed by atoms with E-state index >= 15 is 0 Å². The summed E-state index contributed by atoms with van der Waals surface area (Å²) in [4.78, 5) is 8.03. The molecule has 0 aliphatic heterocycles. The lowest BCUT2D eigenvalue weighted by Gasteiger charge is -2.06. The Kier molecular flexibility index (Phi) is 3.24. The van der Waals surface area contributed by atoms with Gasteiger partial charge in [-0.3, -0.25) is 5.10 Å². The summed E-state index contributed by atoms with van der Waals surface area (Å²) in [5.74, 6) is 0.862. The second kappa shape index (κ2) is 5.54. The minimum atomic E-state index is 0.227. The van der Waals surface area contributed by atoms with E-state index in [0.717, 1.165) is 27.8 Å². The molecule has 0 aliphatic rings. The van der Waals surface area contributed by atoms with E-state index in [4.69, 9.17) is 11.5 Å². The van der Waals surface area contributed by atoms with E-state index in [1.54, 1.807) is 12.3 Å². The van der Waals surface area contributed by atoms with E-state index in [2.05, 4.69) is 25.5 Å². The summed E-state index contributed by atoms with van der Waals surface area (Å²) in [5, 5.41) is 11.7. The molecular formula is C17H15N7. The zero-order chi connectivity index (χ0) is 16.5. The molecule has 2 aromatic heterocycles. The van der Waals surface area contributed by atoms with Crippen LogP contribution in [0.3, 0.4) is 0 Å². The molecule has 0 atom stereocenters. The Balaban J connectivity index is 1.76. The predicted molar refractivity (Wildman–Crippen MR) is 95.7 cm³/mol. The van der Waals surface area contributed by atoms with Crippen molar-refractivity contribution in [2.24, 2.45) is 0 Å². The number of hydrogen-bond donors (Lipinski definition) is 4. The molecule has 0 saturated carbocycles. The number of nitrogens with two attached hydrogens (primary N) is 2. The van der Waals surface area contributed by atoms with Crippen LogP contribution >= 0.6 is 0 Å². The van der Waals surface area contributed by atoms with E-state index in [-0.39, 0.29) is 5.95 Å². The largest absolute Gasteiger partial charge is 0.399 e. The van der Waals surface area contributed by atoms with Gasteiger partial charge in [0.05, 0.1) is 5.52 Å². The lowest BCUT2D eigenvalue weighted by atomic mass is 10.1. The molecule has 0 unspecified atom stereocenters. The predicted octanol–water partition coefficient (Wildman–Crippen LogP) is 2.93. The summed E-state index contributed by atoms with van der Waals surface area (Å²) < 4.78 is 0. The van der Waals surface area contributed by atoms with Crippen LogP contribution in [0.25, 0.3) is 22.2 Å². The van der Waals surface area contributed by atoms with Gasteiger partial charge < -0.3 is 16.8 Å². The highest BCUT2D eigenvalue weighted by Gasteiger charge is 2.09. The van der Waals surface area contributed by atoms with Crippen LogP contribution in [0.1, 0.15) is 0 Å². The lowest BCUT2D eigenvalue weighted by Crippen LogP contribution is -1.98. The van der Waals surface area contributed by atoms with E-state index < -0.39 is 0 Å². The standard InChI is InChI=1S/C17H15N7/c18-11-3-1-2-10(8-11)16-13-9-12(4-5-14(13)23-24-16)21-15-6-7-20-17(19)22-15/h1-9H,18H2,(H,23,24)(H3,19,20,21,22). The molecule has 7 nitrogen and oxygen atoms in total. The third-order valence-corrected chi connectivity index (χ3v) is 3.67. The molecule has 4 aromatic rings. The topological polar surface area (TPSA) is 119 Å². The second-order valence-corrected chi connectivity index (χ2v) is 5.38. The number of aromatic nitrogens is 4. The van der Waals surface area contributed by atoms with Gasteiger partial charge in [0, 0.05) is 28.5 Å². The Morgan fingerprint density at radius 1 is 1.00 bits per heavy atom. The van der Waals surface area contributed by atoms with Crippen LogP contribution in [0.2, 0.25) is 0 Å². The van der Waals surface area contributed by atoms with Gasteiger partial charge in [-0.05, 0) is 36.4 Å². The Morgan fingerprint density at radius 3 is 2.75 bits per heavy atom. The van der Waals surface area contributed by atoms with E-state index in [9.17, 15) is 0 Å². The molecule has 2 aromatic carbocycles.